The summed E-state index contributed by atoms with van der Waals surface area (Å²) in [6.07, 6.45) is 1.27. The van der Waals surface area contributed by atoms with E-state index in [9.17, 15) is 4.79 Å². The van der Waals surface area contributed by atoms with Crippen molar-refractivity contribution in [3.05, 3.63) is 53.6 Å². The fraction of sp³-hybridized carbons (Fsp3) is 0.235. The summed E-state index contributed by atoms with van der Waals surface area (Å²) in [6, 6.07) is 13.3. The van der Waals surface area contributed by atoms with Crippen LogP contribution in [0.2, 0.25) is 0 Å². The molecular formula is C17H18N2O2. The van der Waals surface area contributed by atoms with Crippen LogP contribution in [0.4, 0.5) is 11.4 Å². The molecule has 1 aliphatic rings. The molecule has 1 amide bonds. The quantitative estimate of drug-likeness (QED) is 0.880. The second-order valence-corrected chi connectivity index (χ2v) is 5.21. The lowest BCUT2D eigenvalue weighted by Gasteiger charge is -2.17. The van der Waals surface area contributed by atoms with Gasteiger partial charge in [-0.1, -0.05) is 12.1 Å². The van der Waals surface area contributed by atoms with Crippen molar-refractivity contribution in [1.82, 2.24) is 0 Å². The van der Waals surface area contributed by atoms with Gasteiger partial charge < -0.3 is 15.4 Å². The van der Waals surface area contributed by atoms with Gasteiger partial charge in [-0.3, -0.25) is 4.79 Å². The van der Waals surface area contributed by atoms with Crippen molar-refractivity contribution in [2.24, 2.45) is 0 Å². The molecule has 0 saturated carbocycles. The van der Waals surface area contributed by atoms with Gasteiger partial charge in [0, 0.05) is 17.9 Å². The fourth-order valence-electron chi connectivity index (χ4n) is 2.69. The van der Waals surface area contributed by atoms with Gasteiger partial charge >= 0.3 is 0 Å². The lowest BCUT2D eigenvalue weighted by molar-refractivity contribution is -0.117. The van der Waals surface area contributed by atoms with E-state index >= 15 is 0 Å². The minimum absolute atomic E-state index is 0.115. The van der Waals surface area contributed by atoms with Crippen molar-refractivity contribution in [1.29, 1.82) is 0 Å². The van der Waals surface area contributed by atoms with E-state index in [0.717, 1.165) is 41.2 Å². The summed E-state index contributed by atoms with van der Waals surface area (Å²) < 4.78 is 5.12. The first-order valence-corrected chi connectivity index (χ1v) is 6.99. The molecule has 108 valence electrons. The third-order valence-electron chi connectivity index (χ3n) is 3.81. The molecule has 0 radical (unpaired) electrons. The smallest absolute Gasteiger partial charge is 0.231 e. The molecule has 0 bridgehead atoms. The van der Waals surface area contributed by atoms with Crippen LogP contribution in [0.15, 0.2) is 42.5 Å². The lowest BCUT2D eigenvalue weighted by Crippen LogP contribution is -2.30. The van der Waals surface area contributed by atoms with E-state index in [1.54, 1.807) is 7.11 Å². The number of carbonyl (C=O) groups excluding carboxylic acids is 1. The van der Waals surface area contributed by atoms with Crippen LogP contribution in [0.3, 0.4) is 0 Å². The first-order chi connectivity index (χ1) is 10.2. The van der Waals surface area contributed by atoms with Crippen LogP contribution in [0.25, 0.3) is 0 Å². The topological polar surface area (TPSA) is 55.6 Å². The first kappa shape index (κ1) is 13.5. The Kier molecular flexibility index (Phi) is 3.52. The Morgan fingerprint density at radius 2 is 2.00 bits per heavy atom. The molecule has 0 aliphatic carbocycles. The number of benzene rings is 2. The molecule has 2 aromatic carbocycles. The first-order valence-electron chi connectivity index (χ1n) is 6.99. The largest absolute Gasteiger partial charge is 0.497 e. The van der Waals surface area contributed by atoms with Gasteiger partial charge in [-0.05, 0) is 47.9 Å². The average Bonchev–Trinajstić information content (AvgIpc) is 2.91. The monoisotopic (exact) mass is 282 g/mol. The molecular weight excluding hydrogens is 264 g/mol. The van der Waals surface area contributed by atoms with E-state index in [4.69, 9.17) is 10.5 Å². The number of hydrogen-bond donors (Lipinski definition) is 1. The van der Waals surface area contributed by atoms with Crippen molar-refractivity contribution >= 4 is 17.3 Å². The molecule has 0 aromatic heterocycles. The molecule has 21 heavy (non-hydrogen) atoms. The maximum absolute atomic E-state index is 12.5. The number of nitrogen functional groups attached to an aromatic ring is 1. The SMILES string of the molecule is COc1ccc(CC(=O)N2CCc3cc(N)ccc32)cc1. The van der Waals surface area contributed by atoms with Crippen molar-refractivity contribution in [3.8, 4) is 5.75 Å². The van der Waals surface area contributed by atoms with Crippen molar-refractivity contribution in [2.45, 2.75) is 12.8 Å². The van der Waals surface area contributed by atoms with Crippen molar-refractivity contribution in [2.75, 3.05) is 24.3 Å². The molecule has 0 atom stereocenters. The minimum Gasteiger partial charge on any atom is -0.497 e. The molecule has 2 aromatic rings. The summed E-state index contributed by atoms with van der Waals surface area (Å²) in [7, 11) is 1.63. The molecule has 0 spiro atoms. The highest BCUT2D eigenvalue weighted by molar-refractivity contribution is 5.97. The number of methoxy groups -OCH3 is 1. The molecule has 4 nitrogen and oxygen atoms in total. The minimum atomic E-state index is 0.115. The normalized spacial score (nSPS) is 13.1. The Bertz CT molecular complexity index is 665. The fourth-order valence-corrected chi connectivity index (χ4v) is 2.69. The number of rotatable bonds is 3. The van der Waals surface area contributed by atoms with Crippen LogP contribution in [0.5, 0.6) is 5.75 Å². The van der Waals surface area contributed by atoms with Crippen LogP contribution in [-0.2, 0) is 17.6 Å². The second-order valence-electron chi connectivity index (χ2n) is 5.21. The van der Waals surface area contributed by atoms with Gasteiger partial charge in [-0.2, -0.15) is 0 Å². The summed E-state index contributed by atoms with van der Waals surface area (Å²) in [5.74, 6) is 0.914. The molecule has 0 saturated heterocycles. The van der Waals surface area contributed by atoms with Gasteiger partial charge in [-0.25, -0.2) is 0 Å². The highest BCUT2D eigenvalue weighted by Crippen LogP contribution is 2.30. The number of carbonyl (C=O) groups is 1. The molecule has 1 aliphatic heterocycles. The standard InChI is InChI=1S/C17H18N2O2/c1-21-15-5-2-12(3-6-15)10-17(20)19-9-8-13-11-14(18)4-7-16(13)19/h2-7,11H,8-10,18H2,1H3. The summed E-state index contributed by atoms with van der Waals surface area (Å²) in [5, 5.41) is 0. The number of amides is 1. The van der Waals surface area contributed by atoms with E-state index in [0.29, 0.717) is 6.42 Å². The van der Waals surface area contributed by atoms with Gasteiger partial charge in [0.05, 0.1) is 13.5 Å². The van der Waals surface area contributed by atoms with E-state index in [2.05, 4.69) is 0 Å². The van der Waals surface area contributed by atoms with Crippen LogP contribution < -0.4 is 15.4 Å². The number of nitrogens with two attached hydrogens (primary N) is 1. The Hall–Kier alpha value is -2.49. The molecule has 0 unspecified atom stereocenters. The Balaban J connectivity index is 1.75. The number of fused-ring (bicyclic) bond motifs is 1. The molecule has 0 fully saturated rings. The van der Waals surface area contributed by atoms with E-state index in [1.807, 2.05) is 47.4 Å². The summed E-state index contributed by atoms with van der Waals surface area (Å²) >= 11 is 0. The second kappa shape index (κ2) is 5.48. The number of hydrogen-bond acceptors (Lipinski definition) is 3. The van der Waals surface area contributed by atoms with Crippen LogP contribution in [-0.4, -0.2) is 19.6 Å². The van der Waals surface area contributed by atoms with Gasteiger partial charge in [0.2, 0.25) is 5.91 Å². The zero-order chi connectivity index (χ0) is 14.8. The van der Waals surface area contributed by atoms with Crippen LogP contribution in [0, 0.1) is 0 Å². The van der Waals surface area contributed by atoms with Crippen molar-refractivity contribution < 1.29 is 9.53 Å². The summed E-state index contributed by atoms with van der Waals surface area (Å²) in [5.41, 5.74) is 9.67. The predicted octanol–water partition coefficient (Wildman–Crippen LogP) is 2.41. The number of nitrogens with zero attached hydrogens (tertiary/aromatic N) is 1. The maximum atomic E-state index is 12.5. The summed E-state index contributed by atoms with van der Waals surface area (Å²) in [6.45, 7) is 0.730. The van der Waals surface area contributed by atoms with Gasteiger partial charge in [0.25, 0.3) is 0 Å². The highest BCUT2D eigenvalue weighted by Gasteiger charge is 2.24. The lowest BCUT2D eigenvalue weighted by atomic mass is 10.1. The highest BCUT2D eigenvalue weighted by atomic mass is 16.5. The van der Waals surface area contributed by atoms with Crippen LogP contribution >= 0.6 is 0 Å². The molecule has 4 heteroatoms. The summed E-state index contributed by atoms with van der Waals surface area (Å²) in [4.78, 5) is 14.3. The molecule has 3 rings (SSSR count). The number of ether oxygens (including phenoxy) is 1. The maximum Gasteiger partial charge on any atom is 0.231 e. The third-order valence-corrected chi connectivity index (χ3v) is 3.81. The zero-order valence-electron chi connectivity index (χ0n) is 12.0. The van der Waals surface area contributed by atoms with Gasteiger partial charge in [0.15, 0.2) is 0 Å². The molecule has 2 N–H and O–H groups in total. The predicted molar refractivity (Wildman–Crippen MR) is 83.6 cm³/mol. The van der Waals surface area contributed by atoms with Crippen LogP contribution in [0.1, 0.15) is 11.1 Å². The van der Waals surface area contributed by atoms with E-state index in [1.165, 1.54) is 0 Å². The number of anilines is 2. The van der Waals surface area contributed by atoms with Gasteiger partial charge in [-0.15, -0.1) is 0 Å². The Morgan fingerprint density at radius 3 is 2.71 bits per heavy atom. The van der Waals surface area contributed by atoms with E-state index in [-0.39, 0.29) is 5.91 Å². The third kappa shape index (κ3) is 2.70. The van der Waals surface area contributed by atoms with E-state index < -0.39 is 0 Å². The Morgan fingerprint density at radius 1 is 1.24 bits per heavy atom. The van der Waals surface area contributed by atoms with Gasteiger partial charge in [0.1, 0.15) is 5.75 Å². The van der Waals surface area contributed by atoms with Crippen molar-refractivity contribution in [3.63, 3.8) is 0 Å². The average molecular weight is 282 g/mol. The Labute approximate surface area is 124 Å². The zero-order valence-corrected chi connectivity index (χ0v) is 12.0. The molecule has 1 heterocycles.